The summed E-state index contributed by atoms with van der Waals surface area (Å²) in [6.45, 7) is 5.55. The highest BCUT2D eigenvalue weighted by Gasteiger charge is 2.30. The summed E-state index contributed by atoms with van der Waals surface area (Å²) in [6.07, 6.45) is 1.54. The summed E-state index contributed by atoms with van der Waals surface area (Å²) >= 11 is 4.27. The molecule has 4 rings (SSSR count). The predicted octanol–water partition coefficient (Wildman–Crippen LogP) is 2.99. The van der Waals surface area contributed by atoms with Gasteiger partial charge in [0.25, 0.3) is 10.0 Å². The van der Waals surface area contributed by atoms with Gasteiger partial charge in [0.05, 0.1) is 5.75 Å². The van der Waals surface area contributed by atoms with E-state index in [1.54, 1.807) is 40.1 Å². The molecule has 0 saturated carbocycles. The quantitative estimate of drug-likeness (QED) is 0.423. The molecule has 0 spiro atoms. The van der Waals surface area contributed by atoms with Gasteiger partial charge in [-0.1, -0.05) is 17.8 Å². The van der Waals surface area contributed by atoms with E-state index in [2.05, 4.69) is 23.8 Å². The molecule has 7 nitrogen and oxygen atoms in total. The Labute approximate surface area is 181 Å². The van der Waals surface area contributed by atoms with E-state index in [1.165, 1.54) is 32.3 Å². The van der Waals surface area contributed by atoms with Crippen LogP contribution in [0, 0.1) is 13.8 Å². The predicted molar refractivity (Wildman–Crippen MR) is 117 cm³/mol. The van der Waals surface area contributed by atoms with Gasteiger partial charge in [-0.25, -0.2) is 18.4 Å². The highest BCUT2D eigenvalue weighted by molar-refractivity contribution is 8.00. The second-order valence-electron chi connectivity index (χ2n) is 6.65. The number of hydrogen-bond donors (Lipinski definition) is 0. The fourth-order valence-corrected chi connectivity index (χ4v) is 7.78. The highest BCUT2D eigenvalue weighted by Crippen LogP contribution is 2.34. The van der Waals surface area contributed by atoms with Crippen LogP contribution in [0.5, 0.6) is 0 Å². The zero-order valence-corrected chi connectivity index (χ0v) is 19.3. The van der Waals surface area contributed by atoms with Gasteiger partial charge in [-0.2, -0.15) is 4.31 Å². The second-order valence-corrected chi connectivity index (χ2v) is 11.9. The summed E-state index contributed by atoms with van der Waals surface area (Å²) in [6, 6.07) is 3.35. The summed E-state index contributed by atoms with van der Waals surface area (Å²) in [7, 11) is -3.46. The maximum Gasteiger partial charge on any atom is 0.252 e. The minimum Gasteiger partial charge on any atom is -0.339 e. The molecule has 4 heterocycles. The van der Waals surface area contributed by atoms with Crippen molar-refractivity contribution in [1.29, 1.82) is 0 Å². The van der Waals surface area contributed by atoms with E-state index in [4.69, 9.17) is 0 Å². The van der Waals surface area contributed by atoms with Crippen molar-refractivity contribution < 1.29 is 13.2 Å². The van der Waals surface area contributed by atoms with Crippen LogP contribution >= 0.6 is 34.4 Å². The van der Waals surface area contributed by atoms with Gasteiger partial charge in [0.15, 0.2) is 0 Å². The summed E-state index contributed by atoms with van der Waals surface area (Å²) in [5.74, 6) is 0.275. The number of fused-ring (bicyclic) bond motifs is 1. The van der Waals surface area contributed by atoms with Crippen LogP contribution in [-0.4, -0.2) is 65.4 Å². The molecule has 0 bridgehead atoms. The molecule has 0 N–H and O–H groups in total. The van der Waals surface area contributed by atoms with Crippen molar-refractivity contribution in [3.8, 4) is 0 Å². The highest BCUT2D eigenvalue weighted by atomic mass is 32.2. The lowest BCUT2D eigenvalue weighted by Gasteiger charge is -2.33. The zero-order chi connectivity index (χ0) is 20.6. The number of thiophene rings is 2. The molecule has 0 atom stereocenters. The number of hydrogen-bond acceptors (Lipinski definition) is 8. The Morgan fingerprint density at radius 2 is 1.97 bits per heavy atom. The Kier molecular flexibility index (Phi) is 5.94. The van der Waals surface area contributed by atoms with E-state index in [0.29, 0.717) is 30.4 Å². The number of aryl methyl sites for hydroxylation is 2. The number of rotatable bonds is 5. The third-order valence-electron chi connectivity index (χ3n) is 4.94. The monoisotopic (exact) mass is 468 g/mol. The van der Waals surface area contributed by atoms with Gasteiger partial charge < -0.3 is 4.90 Å². The van der Waals surface area contributed by atoms with Crippen molar-refractivity contribution in [3.05, 3.63) is 34.3 Å². The standard InChI is InChI=1S/C18H20N4O3S4/c1-12-13(2)28-18-16(12)17(19-11-20-18)27-10-14(23)21-5-7-22(8-6-21)29(24,25)15-4-3-9-26-15/h3-4,9,11H,5-8,10H2,1-2H3. The van der Waals surface area contributed by atoms with Crippen LogP contribution in [0.2, 0.25) is 0 Å². The van der Waals surface area contributed by atoms with E-state index in [0.717, 1.165) is 20.8 Å². The smallest absolute Gasteiger partial charge is 0.252 e. The molecule has 1 aliphatic rings. The first-order valence-corrected chi connectivity index (χ1v) is 13.1. The number of carbonyl (C=O) groups excluding carboxylic acids is 1. The molecule has 1 aliphatic heterocycles. The summed E-state index contributed by atoms with van der Waals surface area (Å²) in [5.41, 5.74) is 1.16. The van der Waals surface area contributed by atoms with Crippen LogP contribution in [0.25, 0.3) is 10.2 Å². The van der Waals surface area contributed by atoms with Gasteiger partial charge in [0.1, 0.15) is 20.4 Å². The number of amides is 1. The van der Waals surface area contributed by atoms with Gasteiger partial charge >= 0.3 is 0 Å². The van der Waals surface area contributed by atoms with Crippen LogP contribution in [0.1, 0.15) is 10.4 Å². The first kappa shape index (κ1) is 20.7. The molecule has 1 saturated heterocycles. The fourth-order valence-electron chi connectivity index (χ4n) is 3.20. The van der Waals surface area contributed by atoms with Gasteiger partial charge in [-0.15, -0.1) is 22.7 Å². The first-order valence-electron chi connectivity index (χ1n) is 9.03. The van der Waals surface area contributed by atoms with Crippen molar-refractivity contribution in [1.82, 2.24) is 19.2 Å². The normalized spacial score (nSPS) is 15.9. The van der Waals surface area contributed by atoms with E-state index >= 15 is 0 Å². The minimum atomic E-state index is -3.46. The van der Waals surface area contributed by atoms with Crippen LogP contribution in [0.15, 0.2) is 33.1 Å². The van der Waals surface area contributed by atoms with E-state index in [9.17, 15) is 13.2 Å². The van der Waals surface area contributed by atoms with Crippen LogP contribution in [0.3, 0.4) is 0 Å². The maximum absolute atomic E-state index is 12.7. The Morgan fingerprint density at radius 3 is 2.66 bits per heavy atom. The molecule has 29 heavy (non-hydrogen) atoms. The molecule has 1 amide bonds. The minimum absolute atomic E-state index is 0.000427. The van der Waals surface area contributed by atoms with Crippen molar-refractivity contribution in [2.24, 2.45) is 0 Å². The largest absolute Gasteiger partial charge is 0.339 e. The number of piperazine rings is 1. The average molecular weight is 469 g/mol. The lowest BCUT2D eigenvalue weighted by Crippen LogP contribution is -2.50. The number of nitrogens with zero attached hydrogens (tertiary/aromatic N) is 4. The molecule has 3 aromatic rings. The zero-order valence-electron chi connectivity index (χ0n) is 16.0. The van der Waals surface area contributed by atoms with Crippen molar-refractivity contribution in [2.75, 3.05) is 31.9 Å². The maximum atomic E-state index is 12.7. The second kappa shape index (κ2) is 8.31. The van der Waals surface area contributed by atoms with Crippen LogP contribution in [-0.2, 0) is 14.8 Å². The SMILES string of the molecule is Cc1sc2ncnc(SCC(=O)N3CCN(S(=O)(=O)c4cccs4)CC3)c2c1C. The van der Waals surface area contributed by atoms with Gasteiger partial charge in [-0.05, 0) is 30.9 Å². The summed E-state index contributed by atoms with van der Waals surface area (Å²) < 4.78 is 27.0. The van der Waals surface area contributed by atoms with Crippen molar-refractivity contribution >= 4 is 60.6 Å². The molecule has 0 unspecified atom stereocenters. The molecule has 0 aliphatic carbocycles. The molecule has 154 valence electrons. The van der Waals surface area contributed by atoms with Gasteiger partial charge in [0.2, 0.25) is 5.91 Å². The van der Waals surface area contributed by atoms with Crippen molar-refractivity contribution in [2.45, 2.75) is 23.1 Å². The Hall–Kier alpha value is -1.53. The molecule has 0 aromatic carbocycles. The van der Waals surface area contributed by atoms with E-state index < -0.39 is 10.0 Å². The molecule has 3 aromatic heterocycles. The topological polar surface area (TPSA) is 83.5 Å². The Morgan fingerprint density at radius 1 is 1.21 bits per heavy atom. The number of sulfonamides is 1. The molecular formula is C18H20N4O3S4. The number of carbonyl (C=O) groups is 1. The molecule has 11 heteroatoms. The fraction of sp³-hybridized carbons (Fsp3) is 0.389. The van der Waals surface area contributed by atoms with Crippen molar-refractivity contribution in [3.63, 3.8) is 0 Å². The molecular weight excluding hydrogens is 448 g/mol. The van der Waals surface area contributed by atoms with Gasteiger partial charge in [0, 0.05) is 36.4 Å². The summed E-state index contributed by atoms with van der Waals surface area (Å²) in [5, 5.41) is 3.61. The van der Waals surface area contributed by atoms with Crippen LogP contribution < -0.4 is 0 Å². The molecule has 0 radical (unpaired) electrons. The lowest BCUT2D eigenvalue weighted by atomic mass is 10.2. The van der Waals surface area contributed by atoms with E-state index in [-0.39, 0.29) is 11.7 Å². The third kappa shape index (κ3) is 4.06. The average Bonchev–Trinajstić information content (AvgIpc) is 3.36. The molecule has 1 fully saturated rings. The lowest BCUT2D eigenvalue weighted by molar-refractivity contribution is -0.129. The Bertz CT molecular complexity index is 1130. The number of aromatic nitrogens is 2. The van der Waals surface area contributed by atoms with Crippen LogP contribution in [0.4, 0.5) is 0 Å². The Balaban J connectivity index is 1.38. The first-order chi connectivity index (χ1) is 13.9. The van der Waals surface area contributed by atoms with E-state index in [1.807, 2.05) is 0 Å². The number of thioether (sulfide) groups is 1. The summed E-state index contributed by atoms with van der Waals surface area (Å²) in [4.78, 5) is 25.3. The van der Waals surface area contributed by atoms with Gasteiger partial charge in [-0.3, -0.25) is 4.79 Å². The third-order valence-corrected chi connectivity index (χ3v) is 10.3.